The summed E-state index contributed by atoms with van der Waals surface area (Å²) in [7, 11) is 0. The monoisotopic (exact) mass is 284 g/mol. The van der Waals surface area contributed by atoms with Crippen molar-refractivity contribution in [2.75, 3.05) is 6.61 Å². The minimum Gasteiger partial charge on any atom is -0.457 e. The molecule has 1 rings (SSSR count). The third-order valence-electron chi connectivity index (χ3n) is 2.56. The molecule has 0 spiro atoms. The number of hydrogen-bond donors (Lipinski definition) is 0. The molecule has 0 aliphatic carbocycles. The van der Waals surface area contributed by atoms with Gasteiger partial charge in [0.1, 0.15) is 0 Å². The number of ether oxygens (including phenoxy) is 3. The topological polar surface area (TPSA) is 115 Å². The maximum Gasteiger partial charge on any atom is 0.444 e. The van der Waals surface area contributed by atoms with Crippen LogP contribution in [0.5, 0.6) is 0 Å². The van der Waals surface area contributed by atoms with Gasteiger partial charge in [0.05, 0.1) is 6.61 Å². The number of esters is 1. The van der Waals surface area contributed by atoms with Gasteiger partial charge in [-0.25, -0.2) is 4.79 Å². The van der Waals surface area contributed by atoms with Crippen LogP contribution in [0.1, 0.15) is 27.7 Å². The lowest BCUT2D eigenvalue weighted by Crippen LogP contribution is -2.43. The van der Waals surface area contributed by atoms with Crippen LogP contribution in [0.15, 0.2) is 0 Å². The second-order valence-electron chi connectivity index (χ2n) is 4.62. The summed E-state index contributed by atoms with van der Waals surface area (Å²) in [6.07, 6.45) is -2.51. The van der Waals surface area contributed by atoms with Crippen LogP contribution in [-0.4, -0.2) is 52.6 Å². The van der Waals surface area contributed by atoms with Gasteiger partial charge in [0.15, 0.2) is 23.8 Å². The largest absolute Gasteiger partial charge is 0.457 e. The van der Waals surface area contributed by atoms with Gasteiger partial charge in [-0.3, -0.25) is 9.59 Å². The van der Waals surface area contributed by atoms with Crippen LogP contribution in [0, 0.1) is 0 Å². The lowest BCUT2D eigenvalue weighted by Gasteiger charge is -2.15. The molecule has 1 saturated heterocycles. The molecule has 110 valence electrons. The fourth-order valence-electron chi connectivity index (χ4n) is 1.77. The van der Waals surface area contributed by atoms with E-state index in [2.05, 4.69) is 9.53 Å². The number of Topliss-reactive ketones (excluding diaryl/α,β-unsaturated/α-hetero) is 2. The SMILES string of the molecule is CCOC(=O)C(=[N+]=[N-])C(=O)[C@@H]1OC(C)(C)O[C@H]1C(C)=O. The van der Waals surface area contributed by atoms with Gasteiger partial charge in [-0.1, -0.05) is 0 Å². The van der Waals surface area contributed by atoms with Crippen molar-refractivity contribution < 1.29 is 33.4 Å². The summed E-state index contributed by atoms with van der Waals surface area (Å²) >= 11 is 0. The van der Waals surface area contributed by atoms with E-state index in [-0.39, 0.29) is 6.61 Å². The molecule has 2 atom stereocenters. The molecule has 0 aromatic rings. The maximum absolute atomic E-state index is 12.1. The van der Waals surface area contributed by atoms with E-state index in [9.17, 15) is 14.4 Å². The van der Waals surface area contributed by atoms with Gasteiger partial charge in [-0.05, 0) is 27.7 Å². The Kier molecular flexibility index (Phi) is 4.88. The highest BCUT2D eigenvalue weighted by atomic mass is 16.8. The Labute approximate surface area is 115 Å². The minimum absolute atomic E-state index is 0.00872. The van der Waals surface area contributed by atoms with Gasteiger partial charge in [-0.15, -0.1) is 0 Å². The Hall–Kier alpha value is -1.89. The van der Waals surface area contributed by atoms with Gasteiger partial charge >= 0.3 is 11.7 Å². The van der Waals surface area contributed by atoms with Crippen molar-refractivity contribution in [2.45, 2.75) is 45.7 Å². The van der Waals surface area contributed by atoms with Crippen LogP contribution < -0.4 is 0 Å². The zero-order chi connectivity index (χ0) is 15.5. The van der Waals surface area contributed by atoms with Crippen molar-refractivity contribution >= 4 is 23.2 Å². The molecule has 1 aliphatic rings. The molecule has 0 aromatic heterocycles. The average Bonchev–Trinajstić information content (AvgIpc) is 2.66. The Bertz CT molecular complexity index is 492. The fraction of sp³-hybridized carbons (Fsp3) is 0.667. The lowest BCUT2D eigenvalue weighted by atomic mass is 10.0. The van der Waals surface area contributed by atoms with E-state index in [1.54, 1.807) is 0 Å². The quantitative estimate of drug-likeness (QED) is 0.229. The highest BCUT2D eigenvalue weighted by Crippen LogP contribution is 2.29. The first-order valence-corrected chi connectivity index (χ1v) is 6.03. The molecule has 1 heterocycles. The summed E-state index contributed by atoms with van der Waals surface area (Å²) < 4.78 is 15.2. The van der Waals surface area contributed by atoms with Gasteiger partial charge in [0.2, 0.25) is 0 Å². The molecule has 0 saturated carbocycles. The average molecular weight is 284 g/mol. The van der Waals surface area contributed by atoms with E-state index < -0.39 is 41.2 Å². The standard InChI is InChI=1S/C12H16N2O6/c1-5-18-11(17)7(14-13)8(16)10-9(6(2)15)19-12(3,4)20-10/h9-10H,5H2,1-4H3/t9-,10-/m0/s1. The lowest BCUT2D eigenvalue weighted by molar-refractivity contribution is -0.158. The first-order chi connectivity index (χ1) is 9.23. The summed E-state index contributed by atoms with van der Waals surface area (Å²) in [5, 5.41) is 0. The summed E-state index contributed by atoms with van der Waals surface area (Å²) in [6.45, 7) is 5.82. The summed E-state index contributed by atoms with van der Waals surface area (Å²) in [4.78, 5) is 37.8. The molecule has 0 unspecified atom stereocenters. The second-order valence-corrected chi connectivity index (χ2v) is 4.62. The maximum atomic E-state index is 12.1. The molecule has 1 aliphatic heterocycles. The predicted octanol–water partition coefficient (Wildman–Crippen LogP) is -0.102. The van der Waals surface area contributed by atoms with Crippen molar-refractivity contribution in [1.82, 2.24) is 0 Å². The van der Waals surface area contributed by atoms with Gasteiger partial charge in [0, 0.05) is 0 Å². The Balaban J connectivity index is 3.03. The van der Waals surface area contributed by atoms with E-state index in [1.165, 1.54) is 27.7 Å². The summed E-state index contributed by atoms with van der Waals surface area (Å²) in [5.74, 6) is -3.64. The van der Waals surface area contributed by atoms with Crippen LogP contribution in [0.25, 0.3) is 5.53 Å². The molecule has 0 radical (unpaired) electrons. The Morgan fingerprint density at radius 1 is 1.25 bits per heavy atom. The number of carbonyl (C=O) groups is 3. The van der Waals surface area contributed by atoms with Crippen LogP contribution >= 0.6 is 0 Å². The molecular weight excluding hydrogens is 268 g/mol. The molecule has 20 heavy (non-hydrogen) atoms. The smallest absolute Gasteiger partial charge is 0.444 e. The van der Waals surface area contributed by atoms with E-state index in [4.69, 9.17) is 15.0 Å². The number of hydrogen-bond acceptors (Lipinski definition) is 6. The van der Waals surface area contributed by atoms with E-state index in [0.717, 1.165) is 0 Å². The Morgan fingerprint density at radius 2 is 1.80 bits per heavy atom. The van der Waals surface area contributed by atoms with Crippen LogP contribution in [-0.2, 0) is 28.6 Å². The molecule has 1 fully saturated rings. The van der Waals surface area contributed by atoms with Crippen molar-refractivity contribution in [3.05, 3.63) is 5.53 Å². The fourth-order valence-corrected chi connectivity index (χ4v) is 1.77. The second kappa shape index (κ2) is 6.04. The Morgan fingerprint density at radius 3 is 2.25 bits per heavy atom. The predicted molar refractivity (Wildman–Crippen MR) is 64.8 cm³/mol. The summed E-state index contributed by atoms with van der Waals surface area (Å²) in [5.41, 5.74) is 7.96. The first kappa shape index (κ1) is 16.2. The minimum atomic E-state index is -1.35. The molecular formula is C12H16N2O6. The van der Waals surface area contributed by atoms with E-state index >= 15 is 0 Å². The summed E-state index contributed by atoms with van der Waals surface area (Å²) in [6, 6.07) is 0. The zero-order valence-corrected chi connectivity index (χ0v) is 11.7. The van der Waals surface area contributed by atoms with Crippen molar-refractivity contribution in [2.24, 2.45) is 0 Å². The molecule has 0 amide bonds. The highest BCUT2D eigenvalue weighted by Gasteiger charge is 2.52. The molecule has 8 heteroatoms. The van der Waals surface area contributed by atoms with Crippen molar-refractivity contribution in [3.8, 4) is 0 Å². The van der Waals surface area contributed by atoms with Gasteiger partial charge < -0.3 is 19.7 Å². The van der Waals surface area contributed by atoms with E-state index in [1.807, 2.05) is 0 Å². The number of ketones is 2. The number of nitrogens with zero attached hydrogens (tertiary/aromatic N) is 2. The number of carbonyl (C=O) groups excluding carboxylic acids is 3. The van der Waals surface area contributed by atoms with Crippen molar-refractivity contribution in [1.29, 1.82) is 0 Å². The normalized spacial score (nSPS) is 23.8. The zero-order valence-electron chi connectivity index (χ0n) is 11.7. The van der Waals surface area contributed by atoms with Crippen LogP contribution in [0.3, 0.4) is 0 Å². The molecule has 0 aromatic carbocycles. The third-order valence-corrected chi connectivity index (χ3v) is 2.56. The van der Waals surface area contributed by atoms with Gasteiger partial charge in [-0.2, -0.15) is 4.79 Å². The molecule has 8 nitrogen and oxygen atoms in total. The van der Waals surface area contributed by atoms with Gasteiger partial charge in [0.25, 0.3) is 5.78 Å². The van der Waals surface area contributed by atoms with Crippen LogP contribution in [0.2, 0.25) is 0 Å². The van der Waals surface area contributed by atoms with E-state index in [0.29, 0.717) is 0 Å². The molecule has 0 bridgehead atoms. The highest BCUT2D eigenvalue weighted by molar-refractivity contribution is 6.63. The van der Waals surface area contributed by atoms with Crippen molar-refractivity contribution in [3.63, 3.8) is 0 Å². The first-order valence-electron chi connectivity index (χ1n) is 6.03. The third kappa shape index (κ3) is 3.36. The number of rotatable bonds is 5. The molecule has 0 N–H and O–H groups in total. The van der Waals surface area contributed by atoms with Crippen LogP contribution in [0.4, 0.5) is 0 Å².